The van der Waals surface area contributed by atoms with Gasteiger partial charge in [0.1, 0.15) is 0 Å². The van der Waals surface area contributed by atoms with Crippen LogP contribution in [-0.2, 0) is 4.74 Å². The highest BCUT2D eigenvalue weighted by molar-refractivity contribution is 5.67. The lowest BCUT2D eigenvalue weighted by Crippen LogP contribution is -2.56. The van der Waals surface area contributed by atoms with Crippen LogP contribution >= 0.6 is 0 Å². The van der Waals surface area contributed by atoms with Crippen LogP contribution in [0.25, 0.3) is 0 Å². The van der Waals surface area contributed by atoms with Crippen LogP contribution in [0.15, 0.2) is 0 Å². The Morgan fingerprint density at radius 1 is 1.78 bits per heavy atom. The first-order valence-corrected chi connectivity index (χ1v) is 2.88. The fourth-order valence-electron chi connectivity index (χ4n) is 0.616. The van der Waals surface area contributed by atoms with Crippen molar-refractivity contribution in [1.29, 1.82) is 0 Å². The van der Waals surface area contributed by atoms with Gasteiger partial charge in [-0.25, -0.2) is 4.79 Å². The molecule has 0 aliphatic carbocycles. The van der Waals surface area contributed by atoms with Gasteiger partial charge >= 0.3 is 6.09 Å². The number of alkyl carbamates (subject to hydrolysis) is 1. The number of hydrogen-bond donors (Lipinski definition) is 2. The molecule has 0 spiro atoms. The molecule has 4 nitrogen and oxygen atoms in total. The first kappa shape index (κ1) is 6.35. The molecule has 0 atom stereocenters. The second-order valence-electron chi connectivity index (χ2n) is 1.99. The van der Waals surface area contributed by atoms with Crippen LogP contribution in [0.1, 0.15) is 0 Å². The molecule has 4 heteroatoms. The van der Waals surface area contributed by atoms with Gasteiger partial charge in [-0.15, -0.1) is 0 Å². The molecule has 1 amide bonds. The Kier molecular flexibility index (Phi) is 1.89. The second kappa shape index (κ2) is 2.68. The number of hydrogen-bond acceptors (Lipinski definition) is 3. The third-order valence-electron chi connectivity index (χ3n) is 1.29. The van der Waals surface area contributed by atoms with E-state index < -0.39 is 0 Å². The van der Waals surface area contributed by atoms with Crippen LogP contribution < -0.4 is 10.6 Å². The van der Waals surface area contributed by atoms with Crippen molar-refractivity contribution in [2.75, 3.05) is 20.2 Å². The second-order valence-corrected chi connectivity index (χ2v) is 1.99. The van der Waals surface area contributed by atoms with E-state index in [9.17, 15) is 4.79 Å². The largest absolute Gasteiger partial charge is 0.453 e. The standard InChI is InChI=1S/C5H10N2O2/c1-9-5(8)7-4-2-6-3-4/h4,6H,2-3H2,1H3,(H,7,8). The molecule has 9 heavy (non-hydrogen) atoms. The molecule has 1 rings (SSSR count). The van der Waals surface area contributed by atoms with Crippen molar-refractivity contribution in [1.82, 2.24) is 10.6 Å². The number of nitrogens with one attached hydrogen (secondary N) is 2. The highest BCUT2D eigenvalue weighted by Crippen LogP contribution is 1.89. The topological polar surface area (TPSA) is 50.4 Å². The van der Waals surface area contributed by atoms with Crippen molar-refractivity contribution in [2.24, 2.45) is 0 Å². The van der Waals surface area contributed by atoms with Crippen molar-refractivity contribution in [3.63, 3.8) is 0 Å². The third kappa shape index (κ3) is 1.57. The van der Waals surface area contributed by atoms with E-state index >= 15 is 0 Å². The van der Waals surface area contributed by atoms with E-state index in [1.807, 2.05) is 0 Å². The van der Waals surface area contributed by atoms with E-state index in [-0.39, 0.29) is 12.1 Å². The summed E-state index contributed by atoms with van der Waals surface area (Å²) < 4.78 is 4.38. The molecule has 0 aromatic rings. The number of carbonyl (C=O) groups is 1. The average Bonchev–Trinajstić information content (AvgIpc) is 1.78. The molecule has 1 aliphatic rings. The molecule has 2 N–H and O–H groups in total. The molecular formula is C5H10N2O2. The number of amides is 1. The normalized spacial score (nSPS) is 18.3. The van der Waals surface area contributed by atoms with Crippen LogP contribution in [0, 0.1) is 0 Å². The van der Waals surface area contributed by atoms with Gasteiger partial charge in [0.25, 0.3) is 0 Å². The third-order valence-corrected chi connectivity index (χ3v) is 1.29. The van der Waals surface area contributed by atoms with Crippen molar-refractivity contribution >= 4 is 6.09 Å². The molecule has 0 saturated carbocycles. The minimum atomic E-state index is -0.346. The number of methoxy groups -OCH3 is 1. The molecule has 0 bridgehead atoms. The maximum absolute atomic E-state index is 10.5. The Hall–Kier alpha value is -0.770. The van der Waals surface area contributed by atoms with E-state index in [1.165, 1.54) is 7.11 Å². The van der Waals surface area contributed by atoms with Gasteiger partial charge in [-0.3, -0.25) is 0 Å². The van der Waals surface area contributed by atoms with E-state index in [0.717, 1.165) is 13.1 Å². The Labute approximate surface area is 53.6 Å². The molecule has 1 heterocycles. The van der Waals surface area contributed by atoms with Crippen LogP contribution in [0.4, 0.5) is 4.79 Å². The summed E-state index contributed by atoms with van der Waals surface area (Å²) in [7, 11) is 1.36. The fourth-order valence-corrected chi connectivity index (χ4v) is 0.616. The number of carbonyl (C=O) groups excluding carboxylic acids is 1. The van der Waals surface area contributed by atoms with E-state index in [0.29, 0.717) is 0 Å². The zero-order valence-corrected chi connectivity index (χ0v) is 5.31. The minimum Gasteiger partial charge on any atom is -0.453 e. The van der Waals surface area contributed by atoms with Gasteiger partial charge in [0.05, 0.1) is 13.2 Å². The van der Waals surface area contributed by atoms with Crippen LogP contribution in [0.2, 0.25) is 0 Å². The lowest BCUT2D eigenvalue weighted by atomic mass is 10.2. The average molecular weight is 130 g/mol. The smallest absolute Gasteiger partial charge is 0.407 e. The first-order valence-electron chi connectivity index (χ1n) is 2.88. The van der Waals surface area contributed by atoms with Gasteiger partial charge < -0.3 is 15.4 Å². The van der Waals surface area contributed by atoms with Crippen molar-refractivity contribution < 1.29 is 9.53 Å². The van der Waals surface area contributed by atoms with Gasteiger partial charge in [0.2, 0.25) is 0 Å². The monoisotopic (exact) mass is 130 g/mol. The molecule has 1 fully saturated rings. The zero-order chi connectivity index (χ0) is 6.69. The quantitative estimate of drug-likeness (QED) is 0.494. The highest BCUT2D eigenvalue weighted by Gasteiger charge is 2.18. The molecule has 0 unspecified atom stereocenters. The summed E-state index contributed by atoms with van der Waals surface area (Å²) in [5, 5.41) is 5.66. The Morgan fingerprint density at radius 2 is 2.44 bits per heavy atom. The summed E-state index contributed by atoms with van der Waals surface area (Å²) in [5.74, 6) is 0. The molecule has 1 aliphatic heterocycles. The summed E-state index contributed by atoms with van der Waals surface area (Å²) in [6, 6.07) is 0.275. The molecular weight excluding hydrogens is 120 g/mol. The van der Waals surface area contributed by atoms with Crippen LogP contribution in [0.5, 0.6) is 0 Å². The SMILES string of the molecule is COC(=O)NC1CNC1. The number of ether oxygens (including phenoxy) is 1. The fraction of sp³-hybridized carbons (Fsp3) is 0.800. The van der Waals surface area contributed by atoms with E-state index in [2.05, 4.69) is 15.4 Å². The molecule has 0 aromatic carbocycles. The van der Waals surface area contributed by atoms with Gasteiger partial charge in [0.15, 0.2) is 0 Å². The van der Waals surface area contributed by atoms with Crippen molar-refractivity contribution in [3.8, 4) is 0 Å². The molecule has 0 radical (unpaired) electrons. The predicted octanol–water partition coefficient (Wildman–Crippen LogP) is -0.686. The predicted molar refractivity (Wildman–Crippen MR) is 32.2 cm³/mol. The van der Waals surface area contributed by atoms with Gasteiger partial charge in [-0.2, -0.15) is 0 Å². The maximum Gasteiger partial charge on any atom is 0.407 e. The van der Waals surface area contributed by atoms with Crippen LogP contribution in [-0.4, -0.2) is 32.3 Å². The summed E-state index contributed by atoms with van der Waals surface area (Å²) in [6.07, 6.45) is -0.346. The van der Waals surface area contributed by atoms with Gasteiger partial charge in [0, 0.05) is 13.1 Å². The molecule has 52 valence electrons. The summed E-state index contributed by atoms with van der Waals surface area (Å²) in [5.41, 5.74) is 0. The van der Waals surface area contributed by atoms with E-state index in [4.69, 9.17) is 0 Å². The van der Waals surface area contributed by atoms with E-state index in [1.54, 1.807) is 0 Å². The van der Waals surface area contributed by atoms with Crippen LogP contribution in [0.3, 0.4) is 0 Å². The lowest BCUT2D eigenvalue weighted by molar-refractivity contribution is 0.162. The Morgan fingerprint density at radius 3 is 2.78 bits per heavy atom. The number of rotatable bonds is 1. The Bertz CT molecular complexity index is 112. The van der Waals surface area contributed by atoms with Gasteiger partial charge in [-0.1, -0.05) is 0 Å². The molecule has 0 aromatic heterocycles. The maximum atomic E-state index is 10.5. The highest BCUT2D eigenvalue weighted by atomic mass is 16.5. The lowest BCUT2D eigenvalue weighted by Gasteiger charge is -2.26. The summed E-state index contributed by atoms with van der Waals surface area (Å²) in [6.45, 7) is 1.71. The minimum absolute atomic E-state index is 0.275. The summed E-state index contributed by atoms with van der Waals surface area (Å²) in [4.78, 5) is 10.5. The zero-order valence-electron chi connectivity index (χ0n) is 5.31. The van der Waals surface area contributed by atoms with Gasteiger partial charge in [-0.05, 0) is 0 Å². The molecule has 1 saturated heterocycles. The van der Waals surface area contributed by atoms with Crippen molar-refractivity contribution in [3.05, 3.63) is 0 Å². The summed E-state index contributed by atoms with van der Waals surface area (Å²) >= 11 is 0. The first-order chi connectivity index (χ1) is 4.33. The van der Waals surface area contributed by atoms with Crippen molar-refractivity contribution in [2.45, 2.75) is 6.04 Å². The Balaban J connectivity index is 2.09.